The molecule has 104 valence electrons. The Balaban J connectivity index is 2.22. The van der Waals surface area contributed by atoms with Crippen molar-refractivity contribution in [2.75, 3.05) is 11.4 Å². The maximum absolute atomic E-state index is 14.2. The van der Waals surface area contributed by atoms with Gasteiger partial charge >= 0.3 is 5.97 Å². The molecule has 0 spiro atoms. The number of hydrogen-bond acceptors (Lipinski definition) is 4. The van der Waals surface area contributed by atoms with Crippen LogP contribution in [0.15, 0.2) is 6.33 Å². The molecule has 6 heteroatoms. The molecular formula is C13H18FN3O2. The van der Waals surface area contributed by atoms with Crippen molar-refractivity contribution >= 4 is 11.8 Å². The van der Waals surface area contributed by atoms with Gasteiger partial charge in [0.05, 0.1) is 11.6 Å². The van der Waals surface area contributed by atoms with Crippen molar-refractivity contribution in [3.05, 3.63) is 17.8 Å². The predicted molar refractivity (Wildman–Crippen MR) is 68.5 cm³/mol. The third-order valence-electron chi connectivity index (χ3n) is 3.68. The Morgan fingerprint density at radius 1 is 1.58 bits per heavy atom. The van der Waals surface area contributed by atoms with E-state index < -0.39 is 5.97 Å². The van der Waals surface area contributed by atoms with Gasteiger partial charge in [-0.1, -0.05) is 6.92 Å². The third-order valence-corrected chi connectivity index (χ3v) is 3.68. The highest BCUT2D eigenvalue weighted by Gasteiger charge is 2.32. The molecule has 19 heavy (non-hydrogen) atoms. The van der Waals surface area contributed by atoms with E-state index in [2.05, 4.69) is 9.97 Å². The Bertz CT molecular complexity index is 481. The normalized spacial score (nSPS) is 23.4. The van der Waals surface area contributed by atoms with Crippen LogP contribution in [-0.4, -0.2) is 33.6 Å². The summed E-state index contributed by atoms with van der Waals surface area (Å²) in [5.74, 6) is -1.21. The van der Waals surface area contributed by atoms with E-state index in [1.807, 2.05) is 18.7 Å². The lowest BCUT2D eigenvalue weighted by Crippen LogP contribution is -2.43. The summed E-state index contributed by atoms with van der Waals surface area (Å²) in [6.07, 6.45) is 2.92. The quantitative estimate of drug-likeness (QED) is 0.905. The van der Waals surface area contributed by atoms with E-state index in [9.17, 15) is 9.18 Å². The van der Waals surface area contributed by atoms with Crippen molar-refractivity contribution in [3.63, 3.8) is 0 Å². The van der Waals surface area contributed by atoms with Crippen LogP contribution in [0.3, 0.4) is 0 Å². The fourth-order valence-electron chi connectivity index (χ4n) is 2.55. The lowest BCUT2D eigenvalue weighted by molar-refractivity contribution is -0.142. The summed E-state index contributed by atoms with van der Waals surface area (Å²) in [6, 6.07) is -0.0380. The average molecular weight is 267 g/mol. The van der Waals surface area contributed by atoms with Gasteiger partial charge in [0.2, 0.25) is 0 Å². The molecule has 2 unspecified atom stereocenters. The zero-order valence-electron chi connectivity index (χ0n) is 11.1. The molecular weight excluding hydrogens is 249 g/mol. The molecule has 0 bridgehead atoms. The molecule has 1 aromatic rings. The number of anilines is 1. The van der Waals surface area contributed by atoms with Crippen LogP contribution in [0.5, 0.6) is 0 Å². The minimum atomic E-state index is -0.774. The van der Waals surface area contributed by atoms with Crippen molar-refractivity contribution in [2.24, 2.45) is 5.92 Å². The van der Waals surface area contributed by atoms with E-state index in [-0.39, 0.29) is 17.8 Å². The molecule has 1 aliphatic rings. The molecule has 0 aromatic carbocycles. The zero-order chi connectivity index (χ0) is 14.0. The van der Waals surface area contributed by atoms with Gasteiger partial charge in [-0.25, -0.2) is 14.4 Å². The lowest BCUT2D eigenvalue weighted by Gasteiger charge is -2.37. The number of piperidine rings is 1. The van der Waals surface area contributed by atoms with Gasteiger partial charge in [-0.15, -0.1) is 0 Å². The Kier molecular flexibility index (Phi) is 3.97. The van der Waals surface area contributed by atoms with E-state index in [4.69, 9.17) is 5.11 Å². The molecule has 1 aliphatic heterocycles. The number of carboxylic acid groups (broad SMARTS) is 1. The molecule has 0 radical (unpaired) electrons. The highest BCUT2D eigenvalue weighted by Crippen LogP contribution is 2.29. The molecule has 1 fully saturated rings. The summed E-state index contributed by atoms with van der Waals surface area (Å²) in [7, 11) is 0. The third kappa shape index (κ3) is 2.67. The van der Waals surface area contributed by atoms with Crippen molar-refractivity contribution in [2.45, 2.75) is 39.2 Å². The number of nitrogens with zero attached hydrogens (tertiary/aromatic N) is 3. The summed E-state index contributed by atoms with van der Waals surface area (Å²) in [5, 5.41) is 9.03. The Morgan fingerprint density at radius 3 is 2.89 bits per heavy atom. The smallest absolute Gasteiger partial charge is 0.306 e. The van der Waals surface area contributed by atoms with Gasteiger partial charge in [0.25, 0.3) is 0 Å². The van der Waals surface area contributed by atoms with Crippen LogP contribution in [0, 0.1) is 11.7 Å². The van der Waals surface area contributed by atoms with Crippen LogP contribution in [0.2, 0.25) is 0 Å². The first-order valence-corrected chi connectivity index (χ1v) is 6.53. The van der Waals surface area contributed by atoms with Crippen LogP contribution in [0.4, 0.5) is 10.2 Å². The lowest BCUT2D eigenvalue weighted by atomic mass is 9.92. The molecule has 5 nitrogen and oxygen atoms in total. The molecule has 2 atom stereocenters. The number of aliphatic carboxylic acids is 1. The van der Waals surface area contributed by atoms with E-state index >= 15 is 0 Å². The van der Waals surface area contributed by atoms with Crippen molar-refractivity contribution in [1.29, 1.82) is 0 Å². The minimum absolute atomic E-state index is 0.0380. The second-order valence-electron chi connectivity index (χ2n) is 4.91. The highest BCUT2D eigenvalue weighted by atomic mass is 19.1. The maximum atomic E-state index is 14.2. The van der Waals surface area contributed by atoms with E-state index in [0.29, 0.717) is 37.3 Å². The van der Waals surface area contributed by atoms with E-state index in [1.54, 1.807) is 0 Å². The van der Waals surface area contributed by atoms with Gasteiger partial charge in [-0.2, -0.15) is 0 Å². The fourth-order valence-corrected chi connectivity index (χ4v) is 2.55. The Labute approximate surface area is 111 Å². The molecule has 0 amide bonds. The van der Waals surface area contributed by atoms with Gasteiger partial charge in [0, 0.05) is 12.6 Å². The van der Waals surface area contributed by atoms with Gasteiger partial charge in [-0.05, 0) is 26.2 Å². The number of aromatic nitrogens is 2. The number of rotatable bonds is 3. The van der Waals surface area contributed by atoms with Crippen molar-refractivity contribution in [3.8, 4) is 0 Å². The second kappa shape index (κ2) is 5.50. The van der Waals surface area contributed by atoms with Crippen LogP contribution < -0.4 is 4.90 Å². The first kappa shape index (κ1) is 13.7. The standard InChI is InChI=1S/C13H18FN3O2/c1-3-10-11(14)12(16-7-15-10)17-5-4-9(13(18)19)6-8(17)2/h7-9H,3-6H2,1-2H3,(H,18,19). The summed E-state index contributed by atoms with van der Waals surface area (Å²) < 4.78 is 14.2. The van der Waals surface area contributed by atoms with E-state index in [0.717, 1.165) is 0 Å². The molecule has 1 N–H and O–H groups in total. The van der Waals surface area contributed by atoms with Crippen molar-refractivity contribution < 1.29 is 14.3 Å². The van der Waals surface area contributed by atoms with Crippen LogP contribution in [0.25, 0.3) is 0 Å². The molecule has 2 heterocycles. The number of halogens is 1. The number of hydrogen-bond donors (Lipinski definition) is 1. The van der Waals surface area contributed by atoms with Crippen molar-refractivity contribution in [1.82, 2.24) is 9.97 Å². The molecule has 0 saturated carbocycles. The van der Waals surface area contributed by atoms with Gasteiger partial charge in [-0.3, -0.25) is 4.79 Å². The van der Waals surface area contributed by atoms with Gasteiger partial charge in [0.15, 0.2) is 11.6 Å². The predicted octanol–water partition coefficient (Wildman–Crippen LogP) is 1.87. The van der Waals surface area contributed by atoms with E-state index in [1.165, 1.54) is 6.33 Å². The van der Waals surface area contributed by atoms with Crippen LogP contribution >= 0.6 is 0 Å². The molecule has 1 saturated heterocycles. The second-order valence-corrected chi connectivity index (χ2v) is 4.91. The largest absolute Gasteiger partial charge is 0.481 e. The first-order chi connectivity index (χ1) is 9.04. The highest BCUT2D eigenvalue weighted by molar-refractivity contribution is 5.70. The SMILES string of the molecule is CCc1ncnc(N2CCC(C(=O)O)CC2C)c1F. The monoisotopic (exact) mass is 267 g/mol. The number of carbonyl (C=O) groups is 1. The maximum Gasteiger partial charge on any atom is 0.306 e. The molecule has 1 aromatic heterocycles. The van der Waals surface area contributed by atoms with Crippen LogP contribution in [0.1, 0.15) is 32.4 Å². The van der Waals surface area contributed by atoms with Gasteiger partial charge in [0.1, 0.15) is 6.33 Å². The number of carboxylic acids is 1. The summed E-state index contributed by atoms with van der Waals surface area (Å²) in [6.45, 7) is 4.26. The van der Waals surface area contributed by atoms with Crippen LogP contribution in [-0.2, 0) is 11.2 Å². The summed E-state index contributed by atoms with van der Waals surface area (Å²) >= 11 is 0. The Hall–Kier alpha value is -1.72. The minimum Gasteiger partial charge on any atom is -0.481 e. The Morgan fingerprint density at radius 2 is 2.32 bits per heavy atom. The summed E-state index contributed by atoms with van der Waals surface area (Å²) in [4.78, 5) is 20.8. The van der Waals surface area contributed by atoms with Gasteiger partial charge < -0.3 is 10.0 Å². The fraction of sp³-hybridized carbons (Fsp3) is 0.615. The topological polar surface area (TPSA) is 66.3 Å². The number of aryl methyl sites for hydroxylation is 1. The molecule has 0 aliphatic carbocycles. The first-order valence-electron chi connectivity index (χ1n) is 6.53. The average Bonchev–Trinajstić information content (AvgIpc) is 2.39. The molecule has 2 rings (SSSR count). The zero-order valence-corrected chi connectivity index (χ0v) is 11.1. The summed E-state index contributed by atoms with van der Waals surface area (Å²) in [5.41, 5.74) is 0.401.